The minimum absolute atomic E-state index is 0.0468. The monoisotopic (exact) mass is 476 g/mol. The molecule has 180 valence electrons. The van der Waals surface area contributed by atoms with Crippen molar-refractivity contribution in [3.63, 3.8) is 0 Å². The molecule has 2 heterocycles. The maximum atomic E-state index is 12.9. The third-order valence-corrected chi connectivity index (χ3v) is 5.24. The van der Waals surface area contributed by atoms with Gasteiger partial charge in [0.05, 0.1) is 42.9 Å². The molecule has 0 saturated carbocycles. The quantitative estimate of drug-likeness (QED) is 0.480. The molecule has 0 spiro atoms. The second-order valence-corrected chi connectivity index (χ2v) is 7.46. The van der Waals surface area contributed by atoms with Gasteiger partial charge < -0.3 is 24.8 Å². The van der Waals surface area contributed by atoms with E-state index in [4.69, 9.17) is 14.2 Å². The molecule has 0 radical (unpaired) electrons. The van der Waals surface area contributed by atoms with Crippen molar-refractivity contribution in [3.05, 3.63) is 89.4 Å². The maximum Gasteiger partial charge on any atom is 0.363 e. The molecular weight excluding hydrogens is 452 g/mol. The Labute approximate surface area is 201 Å². The summed E-state index contributed by atoms with van der Waals surface area (Å²) in [5.41, 5.74) is 1.63. The number of rotatable bonds is 8. The third kappa shape index (κ3) is 5.16. The average Bonchev–Trinajstić information content (AvgIpc) is 3.33. The SMILES string of the molecule is CCOC(=O)C1=C(COC(=O)c2nn(-c3ccccc3)cc2OC)NC(=O)N[C@H]1c1ccccc1. The Hall–Kier alpha value is -4.60. The highest BCUT2D eigenvalue weighted by Crippen LogP contribution is 2.28. The number of carbonyl (C=O) groups is 3. The lowest BCUT2D eigenvalue weighted by Gasteiger charge is -2.29. The highest BCUT2D eigenvalue weighted by Gasteiger charge is 2.34. The third-order valence-electron chi connectivity index (χ3n) is 5.24. The van der Waals surface area contributed by atoms with E-state index >= 15 is 0 Å². The van der Waals surface area contributed by atoms with Crippen molar-refractivity contribution in [1.82, 2.24) is 20.4 Å². The van der Waals surface area contributed by atoms with Crippen LogP contribution in [0.4, 0.5) is 4.79 Å². The normalized spacial score (nSPS) is 15.1. The Bertz CT molecular complexity index is 1250. The van der Waals surface area contributed by atoms with Gasteiger partial charge in [-0.3, -0.25) is 0 Å². The van der Waals surface area contributed by atoms with Crippen LogP contribution in [0.3, 0.4) is 0 Å². The van der Waals surface area contributed by atoms with Crippen LogP contribution in [0.5, 0.6) is 5.75 Å². The summed E-state index contributed by atoms with van der Waals surface area (Å²) < 4.78 is 17.5. The van der Waals surface area contributed by atoms with Gasteiger partial charge in [-0.05, 0) is 24.6 Å². The first kappa shape index (κ1) is 23.6. The first-order valence-corrected chi connectivity index (χ1v) is 10.9. The lowest BCUT2D eigenvalue weighted by Crippen LogP contribution is -2.47. The van der Waals surface area contributed by atoms with E-state index in [0.29, 0.717) is 5.56 Å². The molecule has 0 bridgehead atoms. The number of amides is 2. The highest BCUT2D eigenvalue weighted by molar-refractivity contribution is 5.95. The van der Waals surface area contributed by atoms with E-state index < -0.39 is 24.0 Å². The number of urea groups is 1. The number of benzene rings is 2. The average molecular weight is 476 g/mol. The zero-order valence-electron chi connectivity index (χ0n) is 19.2. The molecule has 0 aliphatic carbocycles. The van der Waals surface area contributed by atoms with Crippen molar-refractivity contribution in [2.75, 3.05) is 20.3 Å². The summed E-state index contributed by atoms with van der Waals surface area (Å²) in [4.78, 5) is 38.1. The number of para-hydroxylation sites is 1. The fourth-order valence-corrected chi connectivity index (χ4v) is 3.65. The molecule has 0 unspecified atom stereocenters. The first-order valence-electron chi connectivity index (χ1n) is 10.9. The van der Waals surface area contributed by atoms with Crippen LogP contribution in [-0.2, 0) is 14.3 Å². The van der Waals surface area contributed by atoms with E-state index in [1.807, 2.05) is 36.4 Å². The molecule has 10 heteroatoms. The number of methoxy groups -OCH3 is 1. The second kappa shape index (κ2) is 10.6. The number of carbonyl (C=O) groups excluding carboxylic acids is 3. The summed E-state index contributed by atoms with van der Waals surface area (Å²) in [7, 11) is 1.42. The minimum Gasteiger partial charge on any atom is -0.493 e. The lowest BCUT2D eigenvalue weighted by molar-refractivity contribution is -0.139. The topological polar surface area (TPSA) is 121 Å². The van der Waals surface area contributed by atoms with Crippen LogP contribution in [-0.4, -0.2) is 48.1 Å². The van der Waals surface area contributed by atoms with E-state index in [1.54, 1.807) is 37.4 Å². The van der Waals surface area contributed by atoms with Crippen LogP contribution < -0.4 is 15.4 Å². The molecule has 10 nitrogen and oxygen atoms in total. The van der Waals surface area contributed by atoms with Gasteiger partial charge in [0.25, 0.3) is 0 Å². The number of hydrogen-bond donors (Lipinski definition) is 2. The predicted molar refractivity (Wildman–Crippen MR) is 125 cm³/mol. The van der Waals surface area contributed by atoms with Crippen LogP contribution in [0.15, 0.2) is 78.1 Å². The summed E-state index contributed by atoms with van der Waals surface area (Å²) in [6.45, 7) is 1.43. The lowest BCUT2D eigenvalue weighted by atomic mass is 9.95. The molecule has 2 N–H and O–H groups in total. The summed E-state index contributed by atoms with van der Waals surface area (Å²) in [5, 5.41) is 9.58. The molecule has 35 heavy (non-hydrogen) atoms. The smallest absolute Gasteiger partial charge is 0.363 e. The molecule has 2 amide bonds. The predicted octanol–water partition coefficient (Wildman–Crippen LogP) is 2.91. The Morgan fingerprint density at radius 1 is 1.00 bits per heavy atom. The van der Waals surface area contributed by atoms with Crippen molar-refractivity contribution >= 4 is 18.0 Å². The largest absolute Gasteiger partial charge is 0.493 e. The number of esters is 2. The number of hydrogen-bond acceptors (Lipinski definition) is 7. The Balaban J connectivity index is 1.62. The molecular formula is C25H24N4O6. The standard InChI is InChI=1S/C25H24N4O6/c1-3-34-23(30)20-18(26-25(32)27-21(20)16-10-6-4-7-11-16)15-35-24(31)22-19(33-2)14-29(28-22)17-12-8-5-9-13-17/h4-14,21H,3,15H2,1-2H3,(H2,26,27,32)/t21-/m0/s1. The van der Waals surface area contributed by atoms with E-state index in [0.717, 1.165) is 5.69 Å². The van der Waals surface area contributed by atoms with Gasteiger partial charge in [0, 0.05) is 0 Å². The Kier molecular flexibility index (Phi) is 7.10. The summed E-state index contributed by atoms with van der Waals surface area (Å²) in [6.07, 6.45) is 1.56. The summed E-state index contributed by atoms with van der Waals surface area (Å²) in [6, 6.07) is 16.9. The minimum atomic E-state index is -0.781. The van der Waals surface area contributed by atoms with E-state index in [2.05, 4.69) is 15.7 Å². The summed E-state index contributed by atoms with van der Waals surface area (Å²) in [5.74, 6) is -1.20. The van der Waals surface area contributed by atoms with Crippen molar-refractivity contribution in [1.29, 1.82) is 0 Å². The van der Waals surface area contributed by atoms with Gasteiger partial charge in [0.1, 0.15) is 6.61 Å². The van der Waals surface area contributed by atoms with Gasteiger partial charge in [0.2, 0.25) is 5.69 Å². The van der Waals surface area contributed by atoms with Crippen molar-refractivity contribution < 1.29 is 28.6 Å². The van der Waals surface area contributed by atoms with Gasteiger partial charge in [-0.1, -0.05) is 48.5 Å². The van der Waals surface area contributed by atoms with Gasteiger partial charge in [-0.15, -0.1) is 0 Å². The zero-order chi connectivity index (χ0) is 24.8. The first-order chi connectivity index (χ1) is 17.0. The molecule has 1 atom stereocenters. The van der Waals surface area contributed by atoms with Crippen molar-refractivity contribution in [3.8, 4) is 11.4 Å². The zero-order valence-corrected chi connectivity index (χ0v) is 19.2. The molecule has 0 fully saturated rings. The molecule has 1 aromatic heterocycles. The summed E-state index contributed by atoms with van der Waals surface area (Å²) >= 11 is 0. The number of ether oxygens (including phenoxy) is 3. The van der Waals surface area contributed by atoms with Gasteiger partial charge >= 0.3 is 18.0 Å². The number of nitrogens with zero attached hydrogens (tertiary/aromatic N) is 2. The second-order valence-electron chi connectivity index (χ2n) is 7.46. The van der Waals surface area contributed by atoms with Gasteiger partial charge in [-0.2, -0.15) is 5.10 Å². The fourth-order valence-electron chi connectivity index (χ4n) is 3.65. The fraction of sp³-hybridized carbons (Fsp3) is 0.200. The Morgan fingerprint density at radius 3 is 2.34 bits per heavy atom. The van der Waals surface area contributed by atoms with E-state index in [9.17, 15) is 14.4 Å². The van der Waals surface area contributed by atoms with Crippen LogP contribution in [0.1, 0.15) is 29.0 Å². The highest BCUT2D eigenvalue weighted by atomic mass is 16.5. The molecule has 0 saturated heterocycles. The van der Waals surface area contributed by atoms with Gasteiger partial charge in [-0.25, -0.2) is 19.1 Å². The van der Waals surface area contributed by atoms with Crippen LogP contribution in [0.25, 0.3) is 5.69 Å². The van der Waals surface area contributed by atoms with Crippen LogP contribution in [0, 0.1) is 0 Å². The molecule has 1 aliphatic heterocycles. The molecule has 4 rings (SSSR count). The van der Waals surface area contributed by atoms with Crippen molar-refractivity contribution in [2.24, 2.45) is 0 Å². The van der Waals surface area contributed by atoms with Crippen LogP contribution >= 0.6 is 0 Å². The van der Waals surface area contributed by atoms with E-state index in [1.165, 1.54) is 11.8 Å². The van der Waals surface area contributed by atoms with Crippen molar-refractivity contribution in [2.45, 2.75) is 13.0 Å². The van der Waals surface area contributed by atoms with Gasteiger partial charge in [0.15, 0.2) is 5.75 Å². The van der Waals surface area contributed by atoms with E-state index in [-0.39, 0.29) is 35.9 Å². The Morgan fingerprint density at radius 2 is 1.69 bits per heavy atom. The number of nitrogens with one attached hydrogen (secondary N) is 2. The molecule has 1 aliphatic rings. The number of aromatic nitrogens is 2. The maximum absolute atomic E-state index is 12.9. The molecule has 2 aromatic carbocycles. The molecule has 3 aromatic rings. The van der Waals surface area contributed by atoms with Crippen LogP contribution in [0.2, 0.25) is 0 Å².